The highest BCUT2D eigenvalue weighted by Crippen LogP contribution is 2.29. The van der Waals surface area contributed by atoms with Crippen LogP contribution < -0.4 is 20.7 Å². The molecule has 0 atom stereocenters. The Balaban J connectivity index is 1.57. The summed E-state index contributed by atoms with van der Waals surface area (Å²) in [6, 6.07) is 7.56. The number of nitrogens with zero attached hydrogens (tertiary/aromatic N) is 4. The molecule has 10 nitrogen and oxygen atoms in total. The first-order chi connectivity index (χ1) is 17.4. The molecule has 0 radical (unpaired) electrons. The summed E-state index contributed by atoms with van der Waals surface area (Å²) in [6.45, 7) is 3.33. The van der Waals surface area contributed by atoms with Crippen molar-refractivity contribution in [2.75, 3.05) is 55.7 Å². The lowest BCUT2D eigenvalue weighted by Gasteiger charge is -2.32. The SMILES string of the molecule is O=C(CCc1ccc(F)cc1)c1nc2c(N3CCNCC3=O)cc(N3CCOCC3)cn2c(=O)c1O. The van der Waals surface area contributed by atoms with E-state index in [1.165, 1.54) is 16.5 Å². The number of carbonyl (C=O) groups is 2. The smallest absolute Gasteiger partial charge is 0.300 e. The molecule has 4 heterocycles. The molecule has 188 valence electrons. The van der Waals surface area contributed by atoms with Crippen LogP contribution in [-0.2, 0) is 16.0 Å². The van der Waals surface area contributed by atoms with Crippen molar-refractivity contribution in [1.82, 2.24) is 14.7 Å². The number of hydrogen-bond acceptors (Lipinski definition) is 8. The number of hydrogen-bond donors (Lipinski definition) is 2. The molecule has 1 amide bonds. The number of benzene rings is 1. The van der Waals surface area contributed by atoms with Crippen LogP contribution in [-0.4, -0.2) is 72.1 Å². The molecule has 2 saturated heterocycles. The third-order valence-corrected chi connectivity index (χ3v) is 6.44. The minimum absolute atomic E-state index is 0.0322. The molecule has 2 aliphatic rings. The van der Waals surface area contributed by atoms with Crippen molar-refractivity contribution in [1.29, 1.82) is 0 Å². The number of carbonyl (C=O) groups excluding carboxylic acids is 2. The van der Waals surface area contributed by atoms with Crippen LogP contribution in [0.15, 0.2) is 41.3 Å². The standard InChI is InChI=1S/C25H26FN5O5/c26-17-4-1-16(2-5-17)3-6-20(32)22-23(34)25(35)31-15-18(29-9-11-36-12-10-29)13-19(24(31)28-22)30-8-7-27-14-21(30)33/h1-2,4-5,13,15,27,34H,3,6-12,14H2. The summed E-state index contributed by atoms with van der Waals surface area (Å²) >= 11 is 0. The maximum Gasteiger partial charge on any atom is 0.300 e. The highest BCUT2D eigenvalue weighted by Gasteiger charge is 2.27. The number of piperazine rings is 1. The van der Waals surface area contributed by atoms with Crippen molar-refractivity contribution in [2.24, 2.45) is 0 Å². The lowest BCUT2D eigenvalue weighted by atomic mass is 10.1. The Kier molecular flexibility index (Phi) is 6.66. The first-order valence-corrected chi connectivity index (χ1v) is 11.8. The van der Waals surface area contributed by atoms with E-state index < -0.39 is 17.1 Å². The first kappa shape index (κ1) is 23.9. The lowest BCUT2D eigenvalue weighted by Crippen LogP contribution is -2.48. The number of nitrogens with one attached hydrogen (secondary N) is 1. The average Bonchev–Trinajstić information content (AvgIpc) is 2.90. The number of Topliss-reactive ketones (excluding diaryl/α,β-unsaturated/α-hetero) is 1. The zero-order valence-corrected chi connectivity index (χ0v) is 19.6. The molecule has 3 aromatic rings. The Morgan fingerprint density at radius 2 is 1.89 bits per heavy atom. The molecular weight excluding hydrogens is 469 g/mol. The van der Waals surface area contributed by atoms with Crippen LogP contribution in [0.25, 0.3) is 5.65 Å². The topological polar surface area (TPSA) is 116 Å². The van der Waals surface area contributed by atoms with E-state index in [1.807, 2.05) is 4.90 Å². The molecule has 2 N–H and O–H groups in total. The summed E-state index contributed by atoms with van der Waals surface area (Å²) in [4.78, 5) is 47.0. The second kappa shape index (κ2) is 10.0. The molecule has 2 aliphatic heterocycles. The summed E-state index contributed by atoms with van der Waals surface area (Å²) in [5.41, 5.74) is 0.814. The Morgan fingerprint density at radius 3 is 2.61 bits per heavy atom. The number of aromatic hydroxyl groups is 1. The van der Waals surface area contributed by atoms with Crippen molar-refractivity contribution in [3.8, 4) is 5.75 Å². The van der Waals surface area contributed by atoms with Gasteiger partial charge in [-0.05, 0) is 30.2 Å². The van der Waals surface area contributed by atoms with E-state index in [2.05, 4.69) is 10.3 Å². The maximum absolute atomic E-state index is 13.2. The molecule has 2 fully saturated rings. The number of morpholine rings is 1. The molecule has 2 aromatic heterocycles. The van der Waals surface area contributed by atoms with Gasteiger partial charge in [0.1, 0.15) is 5.82 Å². The molecule has 0 bridgehead atoms. The van der Waals surface area contributed by atoms with Gasteiger partial charge in [0.15, 0.2) is 17.1 Å². The Morgan fingerprint density at radius 1 is 1.14 bits per heavy atom. The largest absolute Gasteiger partial charge is 0.501 e. The van der Waals surface area contributed by atoms with Gasteiger partial charge in [0.25, 0.3) is 0 Å². The molecule has 5 rings (SSSR count). The average molecular weight is 496 g/mol. The quantitative estimate of drug-likeness (QED) is 0.489. The number of fused-ring (bicyclic) bond motifs is 1. The predicted octanol–water partition coefficient (Wildman–Crippen LogP) is 1.13. The van der Waals surface area contributed by atoms with Crippen LogP contribution >= 0.6 is 0 Å². The van der Waals surface area contributed by atoms with Crippen LogP contribution in [0.3, 0.4) is 0 Å². The first-order valence-electron chi connectivity index (χ1n) is 11.8. The van der Waals surface area contributed by atoms with Gasteiger partial charge in [0, 0.05) is 38.8 Å². The molecule has 36 heavy (non-hydrogen) atoms. The van der Waals surface area contributed by atoms with E-state index in [4.69, 9.17) is 4.74 Å². The Labute approximate surface area is 205 Å². The number of rotatable bonds is 6. The Hall–Kier alpha value is -3.83. The second-order valence-corrected chi connectivity index (χ2v) is 8.76. The number of anilines is 2. The minimum atomic E-state index is -0.788. The van der Waals surface area contributed by atoms with Crippen LogP contribution in [0.1, 0.15) is 22.5 Å². The summed E-state index contributed by atoms with van der Waals surface area (Å²) in [6.07, 6.45) is 1.83. The fraction of sp³-hybridized carbons (Fsp3) is 0.360. The number of ether oxygens (including phenoxy) is 1. The third-order valence-electron chi connectivity index (χ3n) is 6.44. The van der Waals surface area contributed by atoms with E-state index in [1.54, 1.807) is 29.3 Å². The van der Waals surface area contributed by atoms with Crippen LogP contribution in [0.2, 0.25) is 0 Å². The number of ketones is 1. The maximum atomic E-state index is 13.2. The van der Waals surface area contributed by atoms with Crippen molar-refractivity contribution in [3.05, 3.63) is 64.0 Å². The molecular formula is C25H26FN5O5. The fourth-order valence-corrected chi connectivity index (χ4v) is 4.47. The predicted molar refractivity (Wildman–Crippen MR) is 130 cm³/mol. The Bertz CT molecular complexity index is 1370. The van der Waals surface area contributed by atoms with Gasteiger partial charge in [0.05, 0.1) is 31.1 Å². The normalized spacial score (nSPS) is 16.5. The monoisotopic (exact) mass is 495 g/mol. The van der Waals surface area contributed by atoms with E-state index in [0.717, 1.165) is 5.56 Å². The summed E-state index contributed by atoms with van der Waals surface area (Å²) < 4.78 is 19.8. The van der Waals surface area contributed by atoms with Gasteiger partial charge < -0.3 is 25.0 Å². The van der Waals surface area contributed by atoms with Gasteiger partial charge in [0.2, 0.25) is 11.7 Å². The minimum Gasteiger partial charge on any atom is -0.501 e. The number of pyridine rings is 1. The van der Waals surface area contributed by atoms with E-state index in [0.29, 0.717) is 57.2 Å². The zero-order valence-electron chi connectivity index (χ0n) is 19.6. The van der Waals surface area contributed by atoms with Crippen molar-refractivity contribution < 1.29 is 23.8 Å². The van der Waals surface area contributed by atoms with Gasteiger partial charge in [-0.15, -0.1) is 0 Å². The number of aromatic nitrogens is 2. The summed E-state index contributed by atoms with van der Waals surface area (Å²) in [5, 5.41) is 13.7. The van der Waals surface area contributed by atoms with E-state index in [9.17, 15) is 23.9 Å². The van der Waals surface area contributed by atoms with Gasteiger partial charge in [-0.2, -0.15) is 0 Å². The molecule has 0 spiro atoms. The van der Waals surface area contributed by atoms with Crippen molar-refractivity contribution >= 4 is 28.7 Å². The van der Waals surface area contributed by atoms with Crippen LogP contribution in [0, 0.1) is 5.82 Å². The van der Waals surface area contributed by atoms with Crippen molar-refractivity contribution in [3.63, 3.8) is 0 Å². The summed E-state index contributed by atoms with van der Waals surface area (Å²) in [5.74, 6) is -1.83. The number of aryl methyl sites for hydroxylation is 1. The molecule has 11 heteroatoms. The van der Waals surface area contributed by atoms with E-state index >= 15 is 0 Å². The third kappa shape index (κ3) is 4.67. The van der Waals surface area contributed by atoms with Gasteiger partial charge in [-0.25, -0.2) is 9.37 Å². The van der Waals surface area contributed by atoms with E-state index in [-0.39, 0.29) is 36.0 Å². The van der Waals surface area contributed by atoms with Gasteiger partial charge >= 0.3 is 5.56 Å². The van der Waals surface area contributed by atoms with Crippen LogP contribution in [0.5, 0.6) is 5.75 Å². The lowest BCUT2D eigenvalue weighted by molar-refractivity contribution is -0.118. The number of halogens is 1. The highest BCUT2D eigenvalue weighted by atomic mass is 19.1. The molecule has 0 saturated carbocycles. The molecule has 0 aliphatic carbocycles. The summed E-state index contributed by atoms with van der Waals surface area (Å²) in [7, 11) is 0. The van der Waals surface area contributed by atoms with Gasteiger partial charge in [-0.1, -0.05) is 12.1 Å². The van der Waals surface area contributed by atoms with Gasteiger partial charge in [-0.3, -0.25) is 18.8 Å². The second-order valence-electron chi connectivity index (χ2n) is 8.76. The highest BCUT2D eigenvalue weighted by molar-refractivity contribution is 6.01. The zero-order chi connectivity index (χ0) is 25.2. The fourth-order valence-electron chi connectivity index (χ4n) is 4.47. The van der Waals surface area contributed by atoms with Crippen molar-refractivity contribution in [2.45, 2.75) is 12.8 Å². The molecule has 0 unspecified atom stereocenters. The number of amides is 1. The molecule has 1 aromatic carbocycles. The van der Waals surface area contributed by atoms with Crippen LogP contribution in [0.4, 0.5) is 15.8 Å².